The normalized spacial score (nSPS) is 10.4. The summed E-state index contributed by atoms with van der Waals surface area (Å²) < 4.78 is 53.6. The van der Waals surface area contributed by atoms with E-state index in [2.05, 4.69) is 5.32 Å². The van der Waals surface area contributed by atoms with Crippen LogP contribution < -0.4 is 10.2 Å². The van der Waals surface area contributed by atoms with E-state index in [-0.39, 0.29) is 5.69 Å². The van der Waals surface area contributed by atoms with Gasteiger partial charge in [0.05, 0.1) is 11.4 Å². The van der Waals surface area contributed by atoms with Crippen molar-refractivity contribution in [3.8, 4) is 0 Å². The Morgan fingerprint density at radius 3 is 2.25 bits per heavy atom. The second kappa shape index (κ2) is 7.12. The van der Waals surface area contributed by atoms with Gasteiger partial charge in [-0.1, -0.05) is 12.1 Å². The lowest BCUT2D eigenvalue weighted by atomic mass is 10.2. The number of rotatable bonds is 4. The summed E-state index contributed by atoms with van der Waals surface area (Å²) >= 11 is 0. The molecule has 0 fully saturated rings. The molecule has 0 aliphatic carbocycles. The number of carbonyl (C=O) groups excluding carboxylic acids is 2. The van der Waals surface area contributed by atoms with E-state index in [0.29, 0.717) is 11.0 Å². The molecule has 2 rings (SSSR count). The number of anilines is 2. The van der Waals surface area contributed by atoms with Crippen LogP contribution in [0.25, 0.3) is 0 Å². The number of amides is 2. The molecule has 0 aliphatic rings. The SMILES string of the molecule is CC(=O)N(CC(=O)Nc1ccccc1F)c1ccc(F)c(F)c1F. The average Bonchev–Trinajstić information content (AvgIpc) is 2.53. The van der Waals surface area contributed by atoms with Gasteiger partial charge in [0, 0.05) is 6.92 Å². The topological polar surface area (TPSA) is 49.4 Å². The van der Waals surface area contributed by atoms with Crippen molar-refractivity contribution in [3.63, 3.8) is 0 Å². The monoisotopic (exact) mass is 340 g/mol. The molecule has 0 atom stereocenters. The van der Waals surface area contributed by atoms with Gasteiger partial charge in [-0.25, -0.2) is 17.6 Å². The molecule has 4 nitrogen and oxygen atoms in total. The first-order valence-corrected chi connectivity index (χ1v) is 6.77. The largest absolute Gasteiger partial charge is 0.322 e. The van der Waals surface area contributed by atoms with Gasteiger partial charge in [-0.2, -0.15) is 0 Å². The van der Waals surface area contributed by atoms with Crippen molar-refractivity contribution in [2.24, 2.45) is 0 Å². The number of hydrogen-bond donors (Lipinski definition) is 1. The first kappa shape index (κ1) is 17.5. The smallest absolute Gasteiger partial charge is 0.244 e. The van der Waals surface area contributed by atoms with E-state index in [1.165, 1.54) is 18.2 Å². The molecule has 126 valence electrons. The van der Waals surface area contributed by atoms with E-state index in [0.717, 1.165) is 19.1 Å². The van der Waals surface area contributed by atoms with Gasteiger partial charge in [-0.15, -0.1) is 0 Å². The number of benzene rings is 2. The summed E-state index contributed by atoms with van der Waals surface area (Å²) in [6.07, 6.45) is 0. The zero-order chi connectivity index (χ0) is 17.9. The lowest BCUT2D eigenvalue weighted by Crippen LogP contribution is -2.37. The Hall–Kier alpha value is -2.90. The predicted octanol–water partition coefficient (Wildman–Crippen LogP) is 3.23. The quantitative estimate of drug-likeness (QED) is 0.686. The van der Waals surface area contributed by atoms with Crippen LogP contribution in [0.15, 0.2) is 36.4 Å². The Morgan fingerprint density at radius 1 is 0.958 bits per heavy atom. The highest BCUT2D eigenvalue weighted by atomic mass is 19.2. The molecule has 0 heterocycles. The molecule has 2 aromatic carbocycles. The van der Waals surface area contributed by atoms with Crippen LogP contribution in [-0.2, 0) is 9.59 Å². The molecular formula is C16H12F4N2O2. The molecule has 0 aliphatic heterocycles. The van der Waals surface area contributed by atoms with Crippen LogP contribution in [-0.4, -0.2) is 18.4 Å². The summed E-state index contributed by atoms with van der Waals surface area (Å²) in [5.74, 6) is -7.07. The fourth-order valence-corrected chi connectivity index (χ4v) is 1.99. The van der Waals surface area contributed by atoms with Crippen LogP contribution in [0.1, 0.15) is 6.92 Å². The third kappa shape index (κ3) is 3.70. The molecular weight excluding hydrogens is 328 g/mol. The minimum absolute atomic E-state index is 0.128. The van der Waals surface area contributed by atoms with E-state index >= 15 is 0 Å². The van der Waals surface area contributed by atoms with Crippen molar-refractivity contribution in [2.45, 2.75) is 6.92 Å². The first-order valence-electron chi connectivity index (χ1n) is 6.77. The maximum absolute atomic E-state index is 13.8. The minimum Gasteiger partial charge on any atom is -0.322 e. The minimum atomic E-state index is -1.76. The van der Waals surface area contributed by atoms with Gasteiger partial charge in [0.2, 0.25) is 11.8 Å². The Kier molecular flexibility index (Phi) is 5.18. The van der Waals surface area contributed by atoms with Crippen molar-refractivity contribution in [1.82, 2.24) is 0 Å². The summed E-state index contributed by atoms with van der Waals surface area (Å²) in [7, 11) is 0. The molecule has 2 aromatic rings. The summed E-state index contributed by atoms with van der Waals surface area (Å²) in [6.45, 7) is 0.322. The molecule has 1 N–H and O–H groups in total. The molecule has 0 bridgehead atoms. The van der Waals surface area contributed by atoms with Crippen LogP contribution >= 0.6 is 0 Å². The third-order valence-corrected chi connectivity index (χ3v) is 3.14. The molecule has 0 spiro atoms. The second-order valence-corrected chi connectivity index (χ2v) is 4.83. The molecule has 0 saturated carbocycles. The van der Waals surface area contributed by atoms with E-state index in [1.54, 1.807) is 0 Å². The average molecular weight is 340 g/mol. The molecule has 0 unspecified atom stereocenters. The Morgan fingerprint density at radius 2 is 1.62 bits per heavy atom. The molecule has 0 radical (unpaired) electrons. The first-order chi connectivity index (χ1) is 11.3. The van der Waals surface area contributed by atoms with Crippen molar-refractivity contribution in [3.05, 3.63) is 59.7 Å². The Labute approximate surface area is 134 Å². The summed E-state index contributed by atoms with van der Waals surface area (Å²) in [4.78, 5) is 24.2. The molecule has 0 saturated heterocycles. The number of hydrogen-bond acceptors (Lipinski definition) is 2. The summed E-state index contributed by atoms with van der Waals surface area (Å²) in [5.41, 5.74) is -0.721. The van der Waals surface area contributed by atoms with Crippen LogP contribution in [0, 0.1) is 23.3 Å². The van der Waals surface area contributed by atoms with Crippen molar-refractivity contribution in [2.75, 3.05) is 16.8 Å². The van der Waals surface area contributed by atoms with Crippen LogP contribution in [0.2, 0.25) is 0 Å². The van der Waals surface area contributed by atoms with Crippen LogP contribution in [0.4, 0.5) is 28.9 Å². The maximum atomic E-state index is 13.8. The lowest BCUT2D eigenvalue weighted by molar-refractivity contribution is -0.120. The van der Waals surface area contributed by atoms with E-state index in [4.69, 9.17) is 0 Å². The zero-order valence-corrected chi connectivity index (χ0v) is 12.4. The number of para-hydroxylation sites is 1. The molecule has 0 aromatic heterocycles. The van der Waals surface area contributed by atoms with Gasteiger partial charge in [-0.3, -0.25) is 9.59 Å². The fraction of sp³-hybridized carbons (Fsp3) is 0.125. The molecule has 2 amide bonds. The molecule has 8 heteroatoms. The Bertz CT molecular complexity index is 796. The van der Waals surface area contributed by atoms with Gasteiger partial charge in [0.15, 0.2) is 17.5 Å². The fourth-order valence-electron chi connectivity index (χ4n) is 1.99. The Balaban J connectivity index is 2.24. The maximum Gasteiger partial charge on any atom is 0.244 e. The zero-order valence-electron chi connectivity index (χ0n) is 12.4. The standard InChI is InChI=1S/C16H12F4N2O2/c1-9(23)22(13-7-6-11(18)15(19)16(13)20)8-14(24)21-12-5-3-2-4-10(12)17/h2-7H,8H2,1H3,(H,21,24). The number of halogens is 4. The van der Waals surface area contributed by atoms with Crippen LogP contribution in [0.3, 0.4) is 0 Å². The van der Waals surface area contributed by atoms with Gasteiger partial charge in [0.25, 0.3) is 0 Å². The highest BCUT2D eigenvalue weighted by Crippen LogP contribution is 2.24. The van der Waals surface area contributed by atoms with E-state index in [9.17, 15) is 27.2 Å². The second-order valence-electron chi connectivity index (χ2n) is 4.83. The van der Waals surface area contributed by atoms with Crippen molar-refractivity contribution in [1.29, 1.82) is 0 Å². The summed E-state index contributed by atoms with van der Waals surface area (Å²) in [5, 5.41) is 2.21. The highest BCUT2D eigenvalue weighted by Gasteiger charge is 2.23. The van der Waals surface area contributed by atoms with Gasteiger partial charge in [0.1, 0.15) is 12.4 Å². The van der Waals surface area contributed by atoms with Crippen molar-refractivity contribution < 1.29 is 27.2 Å². The van der Waals surface area contributed by atoms with Gasteiger partial charge < -0.3 is 10.2 Å². The summed E-state index contributed by atoms with van der Waals surface area (Å²) in [6, 6.07) is 6.79. The third-order valence-electron chi connectivity index (χ3n) is 3.14. The number of carbonyl (C=O) groups is 2. The van der Waals surface area contributed by atoms with E-state index < -0.39 is 47.3 Å². The van der Waals surface area contributed by atoms with Crippen molar-refractivity contribution >= 4 is 23.2 Å². The number of nitrogens with one attached hydrogen (secondary N) is 1. The van der Waals surface area contributed by atoms with Gasteiger partial charge in [-0.05, 0) is 24.3 Å². The number of nitrogens with zero attached hydrogens (tertiary/aromatic N) is 1. The lowest BCUT2D eigenvalue weighted by Gasteiger charge is -2.21. The van der Waals surface area contributed by atoms with Gasteiger partial charge >= 0.3 is 0 Å². The molecule has 24 heavy (non-hydrogen) atoms. The van der Waals surface area contributed by atoms with E-state index in [1.807, 2.05) is 0 Å². The van der Waals surface area contributed by atoms with Crippen LogP contribution in [0.5, 0.6) is 0 Å². The predicted molar refractivity (Wildman–Crippen MR) is 79.4 cm³/mol. The highest BCUT2D eigenvalue weighted by molar-refractivity contribution is 6.01.